The van der Waals surface area contributed by atoms with Crippen LogP contribution in [-0.2, 0) is 33.9 Å². The fourth-order valence-electron chi connectivity index (χ4n) is 4.86. The second kappa shape index (κ2) is 15.4. The van der Waals surface area contributed by atoms with E-state index in [-0.39, 0.29) is 19.7 Å². The Kier molecular flexibility index (Phi) is 11.4. The summed E-state index contributed by atoms with van der Waals surface area (Å²) in [5.74, 6) is -0.0558. The minimum Gasteiger partial charge on any atom is -0.481 e. The number of tetrazole rings is 1. The molecule has 0 fully saturated rings. The number of unbranched alkanes of at least 4 members (excludes halogenated alkanes) is 1. The van der Waals surface area contributed by atoms with Crippen molar-refractivity contribution in [2.75, 3.05) is 13.7 Å². The first-order valence-electron chi connectivity index (χ1n) is 14.3. The van der Waals surface area contributed by atoms with Gasteiger partial charge in [-0.1, -0.05) is 73.5 Å². The highest BCUT2D eigenvalue weighted by atomic mass is 35.5. The van der Waals surface area contributed by atoms with Gasteiger partial charge in [-0.25, -0.2) is 4.98 Å². The number of aryl methyl sites for hydroxylation is 1. The van der Waals surface area contributed by atoms with E-state index >= 15 is 0 Å². The van der Waals surface area contributed by atoms with Crippen LogP contribution >= 0.6 is 11.6 Å². The number of aromatic nitrogens is 6. The van der Waals surface area contributed by atoms with Gasteiger partial charge in [0.05, 0.1) is 5.69 Å². The van der Waals surface area contributed by atoms with E-state index in [0.29, 0.717) is 36.1 Å². The van der Waals surface area contributed by atoms with Crippen molar-refractivity contribution >= 4 is 23.5 Å². The molecule has 0 amide bonds. The predicted octanol–water partition coefficient (Wildman–Crippen LogP) is 4.29. The second-order valence-electron chi connectivity index (χ2n) is 10.3. The number of rotatable bonds is 16. The Morgan fingerprint density at radius 2 is 1.88 bits per heavy atom. The summed E-state index contributed by atoms with van der Waals surface area (Å²) in [6, 6.07) is 15.4. The van der Waals surface area contributed by atoms with E-state index in [1.165, 1.54) is 0 Å². The molecule has 2 aromatic heterocycles. The number of carbonyl (C=O) groups excluding carboxylic acids is 1. The van der Waals surface area contributed by atoms with Crippen molar-refractivity contribution in [2.45, 2.75) is 64.6 Å². The molecule has 4 N–H and O–H groups in total. The standard InChI is InChI=1S/C30H37ClN8O4/c1-3-4-11-26-33-28(31)25(18-43-30(42)24(38(2)19-32)10-7-12-27(40)41)39(26)17-20-13-15-21(16-14-20)22-8-5-6-9-23(22)29-34-36-37-35-29/h5-6,8-9,13-16,24H,3-4,7,10-12,17-19,32H2,1-2H3,(H,40,41)(H,34,35,36,37)/t24-/m0/s1. The number of nitrogens with zero attached hydrogens (tertiary/aromatic N) is 6. The summed E-state index contributed by atoms with van der Waals surface area (Å²) in [7, 11) is 1.71. The number of halogens is 1. The van der Waals surface area contributed by atoms with E-state index < -0.39 is 18.0 Å². The van der Waals surface area contributed by atoms with Crippen LogP contribution in [0.2, 0.25) is 5.15 Å². The van der Waals surface area contributed by atoms with Crippen molar-refractivity contribution in [3.8, 4) is 22.5 Å². The van der Waals surface area contributed by atoms with Gasteiger partial charge < -0.3 is 20.1 Å². The summed E-state index contributed by atoms with van der Waals surface area (Å²) in [6.07, 6.45) is 3.26. The molecule has 0 aliphatic rings. The van der Waals surface area contributed by atoms with E-state index in [2.05, 4.69) is 32.5 Å². The van der Waals surface area contributed by atoms with Crippen LogP contribution in [0.5, 0.6) is 0 Å². The number of esters is 1. The Morgan fingerprint density at radius 3 is 2.53 bits per heavy atom. The van der Waals surface area contributed by atoms with E-state index in [1.54, 1.807) is 11.9 Å². The summed E-state index contributed by atoms with van der Waals surface area (Å²) in [5, 5.41) is 23.7. The average molecular weight is 609 g/mol. The molecule has 43 heavy (non-hydrogen) atoms. The number of imidazole rings is 1. The van der Waals surface area contributed by atoms with Gasteiger partial charge in [0.15, 0.2) is 5.15 Å². The van der Waals surface area contributed by atoms with Gasteiger partial charge in [0.25, 0.3) is 0 Å². The molecular weight excluding hydrogens is 572 g/mol. The van der Waals surface area contributed by atoms with E-state index in [1.807, 2.05) is 53.1 Å². The molecule has 0 saturated carbocycles. The number of hydrogen-bond donors (Lipinski definition) is 3. The van der Waals surface area contributed by atoms with Crippen molar-refractivity contribution in [3.63, 3.8) is 0 Å². The molecule has 0 unspecified atom stereocenters. The number of ether oxygens (including phenoxy) is 1. The van der Waals surface area contributed by atoms with Gasteiger partial charge in [0, 0.05) is 31.6 Å². The molecular formula is C30H37ClN8O4. The zero-order chi connectivity index (χ0) is 30.8. The normalized spacial score (nSPS) is 12.0. The molecule has 0 saturated heterocycles. The van der Waals surface area contributed by atoms with E-state index in [4.69, 9.17) is 27.2 Å². The number of carbonyl (C=O) groups is 2. The van der Waals surface area contributed by atoms with Crippen molar-refractivity contribution in [2.24, 2.45) is 5.73 Å². The molecule has 0 spiro atoms. The monoisotopic (exact) mass is 608 g/mol. The number of aliphatic carboxylic acids is 1. The first-order chi connectivity index (χ1) is 20.8. The van der Waals surface area contributed by atoms with Crippen LogP contribution in [0.1, 0.15) is 56.1 Å². The summed E-state index contributed by atoms with van der Waals surface area (Å²) in [4.78, 5) is 30.3. The number of carboxylic acid groups (broad SMARTS) is 1. The molecule has 4 aromatic rings. The van der Waals surface area contributed by atoms with Gasteiger partial charge in [0.1, 0.15) is 18.5 Å². The van der Waals surface area contributed by atoms with Gasteiger partial charge in [-0.3, -0.25) is 14.5 Å². The number of nitrogens with one attached hydrogen (secondary N) is 1. The SMILES string of the molecule is CCCCc1nc(Cl)c(COC(=O)[C@H](CCCC(=O)O)N(C)CN)n1Cc1ccc(-c2ccccc2-c2nn[nH]n2)cc1. The lowest BCUT2D eigenvalue weighted by Gasteiger charge is -2.25. The highest BCUT2D eigenvalue weighted by molar-refractivity contribution is 6.30. The first kappa shape index (κ1) is 31.8. The van der Waals surface area contributed by atoms with E-state index in [0.717, 1.165) is 47.3 Å². The fraction of sp³-hybridized carbons (Fsp3) is 0.400. The molecule has 0 bridgehead atoms. The van der Waals surface area contributed by atoms with Gasteiger partial charge in [-0.15, -0.1) is 10.2 Å². The van der Waals surface area contributed by atoms with Gasteiger partial charge in [-0.05, 0) is 48.2 Å². The first-order valence-corrected chi connectivity index (χ1v) is 14.6. The highest BCUT2D eigenvalue weighted by Crippen LogP contribution is 2.30. The summed E-state index contributed by atoms with van der Waals surface area (Å²) >= 11 is 6.60. The maximum absolute atomic E-state index is 13.1. The third-order valence-corrected chi connectivity index (χ3v) is 7.59. The van der Waals surface area contributed by atoms with Crippen LogP contribution < -0.4 is 5.73 Å². The van der Waals surface area contributed by atoms with Crippen LogP contribution in [0.3, 0.4) is 0 Å². The lowest BCUT2D eigenvalue weighted by molar-refractivity contribution is -0.151. The Balaban J connectivity index is 1.54. The molecule has 4 rings (SSSR count). The van der Waals surface area contributed by atoms with Crippen molar-refractivity contribution in [1.29, 1.82) is 0 Å². The van der Waals surface area contributed by atoms with Gasteiger partial charge >= 0.3 is 11.9 Å². The average Bonchev–Trinajstić information content (AvgIpc) is 3.65. The number of aromatic amines is 1. The van der Waals surface area contributed by atoms with Crippen LogP contribution in [0.25, 0.3) is 22.5 Å². The van der Waals surface area contributed by atoms with Crippen molar-refractivity contribution < 1.29 is 19.4 Å². The summed E-state index contributed by atoms with van der Waals surface area (Å²) in [5.41, 5.74) is 10.3. The number of likely N-dealkylation sites (N-methyl/N-ethyl adjacent to an activating group) is 1. The van der Waals surface area contributed by atoms with E-state index in [9.17, 15) is 9.59 Å². The maximum Gasteiger partial charge on any atom is 0.323 e. The summed E-state index contributed by atoms with van der Waals surface area (Å²) in [6.45, 7) is 2.66. The van der Waals surface area contributed by atoms with Gasteiger partial charge in [0.2, 0.25) is 5.82 Å². The number of carboxylic acids is 1. The molecule has 228 valence electrons. The lowest BCUT2D eigenvalue weighted by atomic mass is 9.98. The minimum absolute atomic E-state index is 0.0386. The lowest BCUT2D eigenvalue weighted by Crippen LogP contribution is -2.42. The molecule has 12 nitrogen and oxygen atoms in total. The molecule has 0 aliphatic heterocycles. The number of H-pyrrole nitrogens is 1. The quantitative estimate of drug-likeness (QED) is 0.123. The molecule has 0 aliphatic carbocycles. The van der Waals surface area contributed by atoms with Crippen molar-refractivity contribution in [1.82, 2.24) is 35.1 Å². The predicted molar refractivity (Wildman–Crippen MR) is 162 cm³/mol. The largest absolute Gasteiger partial charge is 0.481 e. The number of hydrogen-bond acceptors (Lipinski definition) is 9. The zero-order valence-corrected chi connectivity index (χ0v) is 25.1. The zero-order valence-electron chi connectivity index (χ0n) is 24.4. The second-order valence-corrected chi connectivity index (χ2v) is 10.6. The Bertz CT molecular complexity index is 1490. The third kappa shape index (κ3) is 8.25. The van der Waals surface area contributed by atoms with Gasteiger partial charge in [-0.2, -0.15) is 5.21 Å². The Hall–Kier alpha value is -4.13. The van der Waals surface area contributed by atoms with Crippen LogP contribution in [-0.4, -0.2) is 71.9 Å². The minimum atomic E-state index is -0.915. The van der Waals surface area contributed by atoms with Crippen molar-refractivity contribution in [3.05, 3.63) is 70.8 Å². The fourth-order valence-corrected chi connectivity index (χ4v) is 5.12. The molecule has 1 atom stereocenters. The molecule has 2 heterocycles. The number of benzene rings is 2. The van der Waals surface area contributed by atoms with Crippen LogP contribution in [0.15, 0.2) is 48.5 Å². The molecule has 13 heteroatoms. The van der Waals surface area contributed by atoms with Crippen LogP contribution in [0, 0.1) is 0 Å². The van der Waals surface area contributed by atoms with Crippen LogP contribution in [0.4, 0.5) is 0 Å². The number of nitrogens with two attached hydrogens (primary N) is 1. The third-order valence-electron chi connectivity index (χ3n) is 7.29. The maximum atomic E-state index is 13.1. The summed E-state index contributed by atoms with van der Waals surface area (Å²) < 4.78 is 7.74. The molecule has 2 aromatic carbocycles. The Morgan fingerprint density at radius 1 is 1.14 bits per heavy atom. The topological polar surface area (TPSA) is 165 Å². The Labute approximate surface area is 255 Å². The highest BCUT2D eigenvalue weighted by Gasteiger charge is 2.26. The smallest absolute Gasteiger partial charge is 0.323 e. The molecule has 0 radical (unpaired) electrons.